The molecule has 0 N–H and O–H groups in total. The van der Waals surface area contributed by atoms with Crippen LogP contribution in [-0.4, -0.2) is 51.1 Å². The zero-order valence-electron chi connectivity index (χ0n) is 19.1. The van der Waals surface area contributed by atoms with Crippen LogP contribution in [0.1, 0.15) is 39.2 Å². The van der Waals surface area contributed by atoms with Gasteiger partial charge in [0.05, 0.1) is 13.2 Å². The molecule has 0 aliphatic carbocycles. The average molecular weight is 434 g/mol. The van der Waals surface area contributed by atoms with Crippen LogP contribution in [0.15, 0.2) is 42.5 Å². The molecule has 0 bridgehead atoms. The molecular formula is C23H35NO5Si. The SMILES string of the molecule is C=C(CC1CC(O[Si](C)(C)C(C)(C)C)CN1C(=O)OCc1ccccc1)C(=O)OC. The second kappa shape index (κ2) is 9.79. The van der Waals surface area contributed by atoms with E-state index in [2.05, 4.69) is 40.4 Å². The standard InChI is InChI=1S/C23H35NO5Si/c1-17(21(25)27-5)13-19-14-20(29-30(6,7)23(2,3)4)15-24(19)22(26)28-16-18-11-9-8-10-12-18/h8-12,19-20H,1,13-16H2,2-7H3. The Bertz CT molecular complexity index is 757. The topological polar surface area (TPSA) is 65.1 Å². The Morgan fingerprint density at radius 1 is 1.20 bits per heavy atom. The summed E-state index contributed by atoms with van der Waals surface area (Å²) in [5.74, 6) is -0.457. The van der Waals surface area contributed by atoms with Crippen LogP contribution in [-0.2, 0) is 25.3 Å². The molecule has 1 saturated heterocycles. The molecule has 30 heavy (non-hydrogen) atoms. The van der Waals surface area contributed by atoms with Crippen molar-refractivity contribution in [3.8, 4) is 0 Å². The van der Waals surface area contributed by atoms with Crippen molar-refractivity contribution in [2.24, 2.45) is 0 Å². The van der Waals surface area contributed by atoms with Crippen LogP contribution in [0.4, 0.5) is 4.79 Å². The third-order valence-corrected chi connectivity index (χ3v) is 10.6. The molecule has 1 aromatic carbocycles. The molecular weight excluding hydrogens is 398 g/mol. The van der Waals surface area contributed by atoms with Crippen molar-refractivity contribution in [1.29, 1.82) is 0 Å². The van der Waals surface area contributed by atoms with Gasteiger partial charge >= 0.3 is 12.1 Å². The Morgan fingerprint density at radius 2 is 1.83 bits per heavy atom. The number of ether oxygens (including phenoxy) is 2. The van der Waals surface area contributed by atoms with Crippen molar-refractivity contribution >= 4 is 20.4 Å². The summed E-state index contributed by atoms with van der Waals surface area (Å²) < 4.78 is 16.9. The summed E-state index contributed by atoms with van der Waals surface area (Å²) in [4.78, 5) is 26.4. The number of likely N-dealkylation sites (tertiary alicyclic amines) is 1. The summed E-state index contributed by atoms with van der Waals surface area (Å²) in [6, 6.07) is 9.35. The number of carbonyl (C=O) groups is 2. The molecule has 1 aliphatic rings. The maximum absolute atomic E-state index is 12.9. The lowest BCUT2D eigenvalue weighted by Gasteiger charge is -2.38. The number of hydrogen-bond donors (Lipinski definition) is 0. The zero-order valence-corrected chi connectivity index (χ0v) is 20.1. The molecule has 1 fully saturated rings. The quantitative estimate of drug-likeness (QED) is 0.347. The van der Waals surface area contributed by atoms with E-state index in [1.807, 2.05) is 30.3 Å². The van der Waals surface area contributed by atoms with Crippen LogP contribution in [0.2, 0.25) is 18.1 Å². The van der Waals surface area contributed by atoms with Gasteiger partial charge in [0, 0.05) is 18.2 Å². The van der Waals surface area contributed by atoms with E-state index in [0.29, 0.717) is 25.0 Å². The van der Waals surface area contributed by atoms with Gasteiger partial charge in [-0.2, -0.15) is 0 Å². The van der Waals surface area contributed by atoms with Crippen LogP contribution in [0.5, 0.6) is 0 Å². The highest BCUT2D eigenvalue weighted by atomic mass is 28.4. The maximum Gasteiger partial charge on any atom is 0.410 e. The first-order chi connectivity index (χ1) is 13.9. The van der Waals surface area contributed by atoms with Gasteiger partial charge in [-0.3, -0.25) is 0 Å². The fourth-order valence-electron chi connectivity index (χ4n) is 3.28. The van der Waals surface area contributed by atoms with E-state index in [-0.39, 0.29) is 23.8 Å². The van der Waals surface area contributed by atoms with Crippen molar-refractivity contribution in [1.82, 2.24) is 4.90 Å². The molecule has 0 saturated carbocycles. The summed E-state index contributed by atoms with van der Waals surface area (Å²) in [5.41, 5.74) is 1.27. The van der Waals surface area contributed by atoms with Crippen molar-refractivity contribution in [3.05, 3.63) is 48.0 Å². The van der Waals surface area contributed by atoms with Crippen molar-refractivity contribution in [2.45, 2.75) is 70.5 Å². The number of esters is 1. The Morgan fingerprint density at radius 3 is 2.40 bits per heavy atom. The molecule has 2 rings (SSSR count). The number of rotatable bonds is 7. The Hall–Kier alpha value is -2.12. The summed E-state index contributed by atoms with van der Waals surface area (Å²) in [7, 11) is -0.666. The lowest BCUT2D eigenvalue weighted by atomic mass is 10.1. The summed E-state index contributed by atoms with van der Waals surface area (Å²) >= 11 is 0. The minimum Gasteiger partial charge on any atom is -0.466 e. The van der Waals surface area contributed by atoms with Crippen molar-refractivity contribution < 1.29 is 23.5 Å². The van der Waals surface area contributed by atoms with E-state index in [4.69, 9.17) is 13.9 Å². The molecule has 0 aromatic heterocycles. The molecule has 2 atom stereocenters. The normalized spacial score (nSPS) is 19.5. The zero-order chi connectivity index (χ0) is 22.5. The number of methoxy groups -OCH3 is 1. The van der Waals surface area contributed by atoms with Crippen LogP contribution >= 0.6 is 0 Å². The lowest BCUT2D eigenvalue weighted by molar-refractivity contribution is -0.136. The first-order valence-corrected chi connectivity index (χ1v) is 13.3. The minimum atomic E-state index is -2.00. The molecule has 2 unspecified atom stereocenters. The highest BCUT2D eigenvalue weighted by Crippen LogP contribution is 2.39. The second-order valence-electron chi connectivity index (χ2n) is 9.38. The van der Waals surface area contributed by atoms with E-state index in [1.165, 1.54) is 7.11 Å². The molecule has 166 valence electrons. The first-order valence-electron chi connectivity index (χ1n) is 10.4. The summed E-state index contributed by atoms with van der Waals surface area (Å²) in [5, 5.41) is 0.0688. The number of benzene rings is 1. The predicted octanol–water partition coefficient (Wildman–Crippen LogP) is 4.91. The van der Waals surface area contributed by atoms with Gasteiger partial charge in [0.1, 0.15) is 6.61 Å². The first kappa shape index (κ1) is 24.1. The lowest BCUT2D eigenvalue weighted by Crippen LogP contribution is -2.44. The van der Waals surface area contributed by atoms with E-state index in [1.54, 1.807) is 4.90 Å². The average Bonchev–Trinajstić information content (AvgIpc) is 3.06. The van der Waals surface area contributed by atoms with Crippen molar-refractivity contribution in [3.63, 3.8) is 0 Å². The summed E-state index contributed by atoms with van der Waals surface area (Å²) in [6.07, 6.45) is 0.487. The Balaban J connectivity index is 2.10. The molecule has 1 heterocycles. The smallest absolute Gasteiger partial charge is 0.410 e. The number of hydrogen-bond acceptors (Lipinski definition) is 5. The highest BCUT2D eigenvalue weighted by molar-refractivity contribution is 6.74. The second-order valence-corrected chi connectivity index (χ2v) is 14.1. The summed E-state index contributed by atoms with van der Waals surface area (Å²) in [6.45, 7) is 15.5. The van der Waals surface area contributed by atoms with Crippen LogP contribution in [0, 0.1) is 0 Å². The van der Waals surface area contributed by atoms with E-state index in [0.717, 1.165) is 5.56 Å². The maximum atomic E-state index is 12.9. The molecule has 6 nitrogen and oxygen atoms in total. The number of amides is 1. The van der Waals surface area contributed by atoms with Gasteiger partial charge in [-0.15, -0.1) is 0 Å². The van der Waals surface area contributed by atoms with Gasteiger partial charge < -0.3 is 18.8 Å². The third kappa shape index (κ3) is 6.19. The minimum absolute atomic E-state index is 0.0688. The van der Waals surface area contributed by atoms with Gasteiger partial charge in [0.2, 0.25) is 0 Å². The molecule has 1 aliphatic heterocycles. The molecule has 7 heteroatoms. The van der Waals surface area contributed by atoms with Gasteiger partial charge in [-0.1, -0.05) is 57.7 Å². The molecule has 1 amide bonds. The largest absolute Gasteiger partial charge is 0.466 e. The van der Waals surface area contributed by atoms with Gasteiger partial charge in [-0.25, -0.2) is 9.59 Å². The van der Waals surface area contributed by atoms with E-state index < -0.39 is 20.4 Å². The Kier molecular flexibility index (Phi) is 7.88. The van der Waals surface area contributed by atoms with Gasteiger partial charge in [0.25, 0.3) is 0 Å². The molecule has 0 spiro atoms. The number of carbonyl (C=O) groups excluding carboxylic acids is 2. The monoisotopic (exact) mass is 433 g/mol. The predicted molar refractivity (Wildman–Crippen MR) is 120 cm³/mol. The van der Waals surface area contributed by atoms with Crippen molar-refractivity contribution in [2.75, 3.05) is 13.7 Å². The third-order valence-electron chi connectivity index (χ3n) is 6.04. The van der Waals surface area contributed by atoms with E-state index >= 15 is 0 Å². The highest BCUT2D eigenvalue weighted by Gasteiger charge is 2.44. The van der Waals surface area contributed by atoms with Gasteiger partial charge in [-0.05, 0) is 36.5 Å². The number of nitrogens with zero attached hydrogens (tertiary/aromatic N) is 1. The Labute approximate surface area is 181 Å². The van der Waals surface area contributed by atoms with E-state index in [9.17, 15) is 9.59 Å². The van der Waals surface area contributed by atoms with Crippen LogP contribution in [0.25, 0.3) is 0 Å². The molecule has 1 aromatic rings. The van der Waals surface area contributed by atoms with Crippen LogP contribution < -0.4 is 0 Å². The fraction of sp³-hybridized carbons (Fsp3) is 0.565. The van der Waals surface area contributed by atoms with Crippen LogP contribution in [0.3, 0.4) is 0 Å². The fourth-order valence-corrected chi connectivity index (χ4v) is 4.64. The van der Waals surface area contributed by atoms with Gasteiger partial charge in [0.15, 0.2) is 8.32 Å². The molecule has 0 radical (unpaired) electrons.